The maximum Gasteiger partial charge on any atom is 0.225 e. The highest BCUT2D eigenvalue weighted by Gasteiger charge is 2.46. The summed E-state index contributed by atoms with van der Waals surface area (Å²) in [6.07, 6.45) is 2.77. The summed E-state index contributed by atoms with van der Waals surface area (Å²) in [6, 6.07) is 6.90. The van der Waals surface area contributed by atoms with Crippen LogP contribution in [0.15, 0.2) is 18.2 Å². The van der Waals surface area contributed by atoms with Crippen LogP contribution in [0.25, 0.3) is 0 Å². The molecule has 1 amide bonds. The zero-order chi connectivity index (χ0) is 12.9. The quantitative estimate of drug-likeness (QED) is 0.865. The van der Waals surface area contributed by atoms with Crippen molar-refractivity contribution in [3.05, 3.63) is 34.9 Å². The molecule has 1 heterocycles. The highest BCUT2D eigenvalue weighted by Crippen LogP contribution is 2.42. The van der Waals surface area contributed by atoms with Gasteiger partial charge in [0.1, 0.15) is 0 Å². The zero-order valence-corrected chi connectivity index (χ0v) is 11.0. The van der Waals surface area contributed by atoms with E-state index >= 15 is 0 Å². The van der Waals surface area contributed by atoms with Gasteiger partial charge in [0.15, 0.2) is 0 Å². The first-order valence-corrected chi connectivity index (χ1v) is 6.72. The molecule has 2 atom stereocenters. The van der Waals surface area contributed by atoms with Crippen molar-refractivity contribution in [3.8, 4) is 0 Å². The lowest BCUT2D eigenvalue weighted by atomic mass is 9.94. The average molecular weight is 244 g/mol. The first-order chi connectivity index (χ1) is 8.58. The van der Waals surface area contributed by atoms with Crippen molar-refractivity contribution in [2.24, 2.45) is 5.73 Å². The molecular formula is C15H20N2O. The molecule has 3 nitrogen and oxygen atoms in total. The van der Waals surface area contributed by atoms with Crippen molar-refractivity contribution in [2.45, 2.75) is 51.2 Å². The number of nitrogens with zero attached hydrogens (tertiary/aromatic N) is 1. The summed E-state index contributed by atoms with van der Waals surface area (Å²) < 4.78 is 0. The number of rotatable bonds is 2. The molecule has 1 saturated carbocycles. The highest BCUT2D eigenvalue weighted by molar-refractivity contribution is 5.81. The number of carbonyl (C=O) groups excluding carboxylic acids is 1. The molecule has 1 saturated heterocycles. The van der Waals surface area contributed by atoms with Crippen molar-refractivity contribution in [3.63, 3.8) is 0 Å². The van der Waals surface area contributed by atoms with E-state index in [1.807, 2.05) is 4.90 Å². The van der Waals surface area contributed by atoms with Crippen molar-refractivity contribution in [2.75, 3.05) is 0 Å². The van der Waals surface area contributed by atoms with Gasteiger partial charge in [-0.1, -0.05) is 23.8 Å². The molecule has 18 heavy (non-hydrogen) atoms. The minimum atomic E-state index is -0.0569. The molecule has 0 radical (unpaired) electrons. The topological polar surface area (TPSA) is 46.3 Å². The van der Waals surface area contributed by atoms with Gasteiger partial charge in [-0.15, -0.1) is 0 Å². The molecule has 3 heteroatoms. The summed E-state index contributed by atoms with van der Waals surface area (Å²) in [7, 11) is 0. The highest BCUT2D eigenvalue weighted by atomic mass is 16.2. The first-order valence-electron chi connectivity index (χ1n) is 6.72. The van der Waals surface area contributed by atoms with E-state index in [2.05, 4.69) is 32.0 Å². The van der Waals surface area contributed by atoms with Crippen LogP contribution in [-0.4, -0.2) is 22.9 Å². The van der Waals surface area contributed by atoms with Crippen molar-refractivity contribution in [1.29, 1.82) is 0 Å². The van der Waals surface area contributed by atoms with E-state index in [9.17, 15) is 4.79 Å². The molecule has 1 aromatic carbocycles. The number of amides is 1. The third-order valence-corrected chi connectivity index (χ3v) is 4.10. The summed E-state index contributed by atoms with van der Waals surface area (Å²) in [5.74, 6) is 0.232. The number of aryl methyl sites for hydroxylation is 2. The third kappa shape index (κ3) is 1.83. The molecule has 0 aromatic heterocycles. The zero-order valence-electron chi connectivity index (χ0n) is 11.0. The fourth-order valence-corrected chi connectivity index (χ4v) is 3.02. The van der Waals surface area contributed by atoms with Gasteiger partial charge in [-0.2, -0.15) is 0 Å². The number of nitrogens with two attached hydrogens (primary N) is 1. The maximum absolute atomic E-state index is 12.1. The Balaban J connectivity index is 2.02. The van der Waals surface area contributed by atoms with E-state index in [0.717, 1.165) is 12.8 Å². The van der Waals surface area contributed by atoms with E-state index in [1.165, 1.54) is 16.7 Å². The summed E-state index contributed by atoms with van der Waals surface area (Å²) in [5.41, 5.74) is 9.92. The van der Waals surface area contributed by atoms with Crippen LogP contribution in [0.5, 0.6) is 0 Å². The van der Waals surface area contributed by atoms with Crippen molar-refractivity contribution < 1.29 is 4.79 Å². The smallest absolute Gasteiger partial charge is 0.225 e. The van der Waals surface area contributed by atoms with Crippen molar-refractivity contribution in [1.82, 2.24) is 4.90 Å². The van der Waals surface area contributed by atoms with Crippen LogP contribution in [0.4, 0.5) is 0 Å². The average Bonchev–Trinajstić information content (AvgIpc) is 3.09. The van der Waals surface area contributed by atoms with Gasteiger partial charge in [0, 0.05) is 18.5 Å². The predicted molar refractivity (Wildman–Crippen MR) is 71.1 cm³/mol. The lowest BCUT2D eigenvalue weighted by Crippen LogP contribution is -2.35. The van der Waals surface area contributed by atoms with Crippen LogP contribution >= 0.6 is 0 Å². The maximum atomic E-state index is 12.1. The Morgan fingerprint density at radius 2 is 2.00 bits per heavy atom. The van der Waals surface area contributed by atoms with Gasteiger partial charge in [-0.3, -0.25) is 4.79 Å². The molecule has 2 fully saturated rings. The Bertz CT molecular complexity index is 493. The minimum Gasteiger partial charge on any atom is -0.331 e. The van der Waals surface area contributed by atoms with Crippen molar-refractivity contribution >= 4 is 5.91 Å². The van der Waals surface area contributed by atoms with E-state index in [4.69, 9.17) is 5.73 Å². The second-order valence-electron chi connectivity index (χ2n) is 5.71. The standard InChI is InChI=1S/C15H20N2O/c1-9-3-4-10(2)12(7-9)15-13(16)8-14(18)17(15)11-5-6-11/h3-4,7,11,13,15H,5-6,8,16H2,1-2H3. The number of benzene rings is 1. The monoisotopic (exact) mass is 244 g/mol. The molecular weight excluding hydrogens is 224 g/mol. The van der Waals surface area contributed by atoms with Crippen LogP contribution in [0.2, 0.25) is 0 Å². The second kappa shape index (κ2) is 4.09. The van der Waals surface area contributed by atoms with Crippen LogP contribution in [0.1, 0.15) is 42.0 Å². The molecule has 0 spiro atoms. The fraction of sp³-hybridized carbons (Fsp3) is 0.533. The predicted octanol–water partition coefficient (Wildman–Crippen LogP) is 2.07. The molecule has 0 bridgehead atoms. The van der Waals surface area contributed by atoms with E-state index in [-0.39, 0.29) is 18.0 Å². The Morgan fingerprint density at radius 1 is 1.28 bits per heavy atom. The molecule has 2 aliphatic rings. The van der Waals surface area contributed by atoms with Crippen LogP contribution in [0.3, 0.4) is 0 Å². The summed E-state index contributed by atoms with van der Waals surface area (Å²) in [4.78, 5) is 14.1. The molecule has 2 unspecified atom stereocenters. The molecule has 2 N–H and O–H groups in total. The fourth-order valence-electron chi connectivity index (χ4n) is 3.02. The number of likely N-dealkylation sites (tertiary alicyclic amines) is 1. The normalized spacial score (nSPS) is 27.9. The number of hydrogen-bond donors (Lipinski definition) is 1. The largest absolute Gasteiger partial charge is 0.331 e. The van der Waals surface area contributed by atoms with Crippen LogP contribution in [-0.2, 0) is 4.79 Å². The lowest BCUT2D eigenvalue weighted by Gasteiger charge is -2.28. The number of hydrogen-bond acceptors (Lipinski definition) is 2. The number of carbonyl (C=O) groups is 1. The van der Waals surface area contributed by atoms with Gasteiger partial charge < -0.3 is 10.6 Å². The van der Waals surface area contributed by atoms with Gasteiger partial charge in [0.2, 0.25) is 5.91 Å². The molecule has 1 aromatic rings. The van der Waals surface area contributed by atoms with E-state index in [1.54, 1.807) is 0 Å². The van der Waals surface area contributed by atoms with E-state index < -0.39 is 0 Å². The van der Waals surface area contributed by atoms with Gasteiger partial charge in [-0.25, -0.2) is 0 Å². The van der Waals surface area contributed by atoms with E-state index in [0.29, 0.717) is 12.5 Å². The molecule has 1 aliphatic heterocycles. The van der Waals surface area contributed by atoms with Crippen LogP contribution in [0, 0.1) is 13.8 Å². The lowest BCUT2D eigenvalue weighted by molar-refractivity contribution is -0.129. The summed E-state index contributed by atoms with van der Waals surface area (Å²) >= 11 is 0. The molecule has 1 aliphatic carbocycles. The Hall–Kier alpha value is -1.35. The first kappa shape index (κ1) is 11.7. The van der Waals surface area contributed by atoms with Gasteiger partial charge in [0.05, 0.1) is 6.04 Å². The van der Waals surface area contributed by atoms with Gasteiger partial charge in [0.25, 0.3) is 0 Å². The molecule has 3 rings (SSSR count). The Labute approximate surface area is 108 Å². The SMILES string of the molecule is Cc1ccc(C)c(C2C(N)CC(=O)N2C2CC2)c1. The summed E-state index contributed by atoms with van der Waals surface area (Å²) in [5, 5.41) is 0. The van der Waals surface area contributed by atoms with Crippen LogP contribution < -0.4 is 5.73 Å². The summed E-state index contributed by atoms with van der Waals surface area (Å²) in [6.45, 7) is 4.20. The van der Waals surface area contributed by atoms with Gasteiger partial charge >= 0.3 is 0 Å². The second-order valence-corrected chi connectivity index (χ2v) is 5.71. The Morgan fingerprint density at radius 3 is 2.67 bits per heavy atom. The molecule has 96 valence electrons. The third-order valence-electron chi connectivity index (χ3n) is 4.10. The Kier molecular flexibility index (Phi) is 2.67. The van der Waals surface area contributed by atoms with Gasteiger partial charge in [-0.05, 0) is 37.8 Å². The minimum absolute atomic E-state index is 0.0569.